The first-order chi connectivity index (χ1) is 9.24. The van der Waals surface area contributed by atoms with Crippen LogP contribution in [0.3, 0.4) is 0 Å². The molecule has 2 heteroatoms. The van der Waals surface area contributed by atoms with Crippen molar-refractivity contribution in [2.75, 3.05) is 13.2 Å². The van der Waals surface area contributed by atoms with Gasteiger partial charge in [-0.3, -0.25) is 4.79 Å². The number of Topliss-reactive ketones (excluding diaryl/α,β-unsaturated/α-hetero) is 1. The molecule has 19 heavy (non-hydrogen) atoms. The first-order valence-corrected chi connectivity index (χ1v) is 6.79. The van der Waals surface area contributed by atoms with Crippen molar-refractivity contribution in [1.82, 2.24) is 0 Å². The molecule has 3 rings (SSSR count). The molecule has 0 saturated heterocycles. The lowest BCUT2D eigenvalue weighted by molar-refractivity contribution is -0.120. The van der Waals surface area contributed by atoms with Gasteiger partial charge in [-0.2, -0.15) is 0 Å². The number of carbonyl (C=O) groups excluding carboxylic acids is 1. The van der Waals surface area contributed by atoms with Crippen LogP contribution >= 0.6 is 0 Å². The van der Waals surface area contributed by atoms with E-state index in [0.29, 0.717) is 13.2 Å². The maximum absolute atomic E-state index is 11.7. The van der Waals surface area contributed by atoms with Crippen LogP contribution in [0.15, 0.2) is 47.1 Å². The number of ketones is 1. The number of ether oxygens (including phenoxy) is 1. The first-order valence-electron chi connectivity index (χ1n) is 6.79. The van der Waals surface area contributed by atoms with Gasteiger partial charge in [-0.1, -0.05) is 36.4 Å². The number of rotatable bonds is 2. The summed E-state index contributed by atoms with van der Waals surface area (Å²) in [7, 11) is 0. The smallest absolute Gasteiger partial charge is 0.133 e. The molecule has 0 radical (unpaired) electrons. The second-order valence-electron chi connectivity index (χ2n) is 5.37. The van der Waals surface area contributed by atoms with Crippen LogP contribution in [0.4, 0.5) is 0 Å². The lowest BCUT2D eigenvalue weighted by atomic mass is 9.79. The van der Waals surface area contributed by atoms with E-state index in [4.69, 9.17) is 4.74 Å². The minimum absolute atomic E-state index is 0.135. The highest BCUT2D eigenvalue weighted by Crippen LogP contribution is 2.38. The third kappa shape index (κ3) is 2.54. The van der Waals surface area contributed by atoms with Crippen LogP contribution in [0, 0.1) is 5.92 Å². The van der Waals surface area contributed by atoms with Crippen molar-refractivity contribution in [2.24, 2.45) is 5.92 Å². The summed E-state index contributed by atoms with van der Waals surface area (Å²) in [5, 5.41) is 0. The lowest BCUT2D eigenvalue weighted by Gasteiger charge is -2.23. The van der Waals surface area contributed by atoms with Gasteiger partial charge in [0.1, 0.15) is 5.78 Å². The Morgan fingerprint density at radius 2 is 2.00 bits per heavy atom. The highest BCUT2D eigenvalue weighted by atomic mass is 16.5. The molecule has 1 aromatic carbocycles. The molecular weight excluding hydrogens is 236 g/mol. The summed E-state index contributed by atoms with van der Waals surface area (Å²) in [6, 6.07) is 10.3. The standard InChI is InChI=1S/C17H18O2/c1-12(18)14-8-15(7-13-5-3-2-4-6-13)17-11-19-10-16(17)9-14/h2-7,14H,8-11H2,1H3/b15-7+. The Kier molecular flexibility index (Phi) is 3.34. The first kappa shape index (κ1) is 12.4. The number of hydrogen-bond acceptors (Lipinski definition) is 2. The Balaban J connectivity index is 1.96. The van der Waals surface area contributed by atoms with Crippen molar-refractivity contribution >= 4 is 11.9 Å². The summed E-state index contributed by atoms with van der Waals surface area (Å²) in [6.07, 6.45) is 3.95. The van der Waals surface area contributed by atoms with E-state index in [1.165, 1.54) is 22.3 Å². The fourth-order valence-electron chi connectivity index (χ4n) is 2.91. The number of hydrogen-bond donors (Lipinski definition) is 0. The second-order valence-corrected chi connectivity index (χ2v) is 5.37. The van der Waals surface area contributed by atoms with Gasteiger partial charge >= 0.3 is 0 Å². The lowest BCUT2D eigenvalue weighted by Crippen LogP contribution is -2.18. The number of benzene rings is 1. The number of carbonyl (C=O) groups is 1. The summed E-state index contributed by atoms with van der Waals surface area (Å²) < 4.78 is 5.56. The van der Waals surface area contributed by atoms with E-state index in [2.05, 4.69) is 18.2 Å². The van der Waals surface area contributed by atoms with Gasteiger partial charge in [0.05, 0.1) is 13.2 Å². The van der Waals surface area contributed by atoms with Crippen LogP contribution in [0.1, 0.15) is 25.3 Å². The Hall–Kier alpha value is -1.67. The van der Waals surface area contributed by atoms with Gasteiger partial charge in [0.25, 0.3) is 0 Å². The molecule has 0 fully saturated rings. The molecule has 0 aromatic heterocycles. The SMILES string of the molecule is CC(=O)C1CC2=C(COC2)/C(=C/c2ccccc2)C1. The molecule has 98 valence electrons. The predicted molar refractivity (Wildman–Crippen MR) is 75.7 cm³/mol. The van der Waals surface area contributed by atoms with E-state index >= 15 is 0 Å². The van der Waals surface area contributed by atoms with Crippen LogP contribution in [-0.2, 0) is 9.53 Å². The van der Waals surface area contributed by atoms with Crippen molar-refractivity contribution in [3.8, 4) is 0 Å². The Bertz CT molecular complexity index is 552. The highest BCUT2D eigenvalue weighted by Gasteiger charge is 2.30. The van der Waals surface area contributed by atoms with Crippen LogP contribution in [0.25, 0.3) is 6.08 Å². The molecule has 0 spiro atoms. The van der Waals surface area contributed by atoms with Gasteiger partial charge in [-0.15, -0.1) is 0 Å². The van der Waals surface area contributed by atoms with Crippen molar-refractivity contribution in [3.63, 3.8) is 0 Å². The van der Waals surface area contributed by atoms with Gasteiger partial charge in [-0.05, 0) is 42.0 Å². The molecule has 1 aromatic rings. The molecule has 1 aliphatic carbocycles. The monoisotopic (exact) mass is 254 g/mol. The maximum Gasteiger partial charge on any atom is 0.133 e. The zero-order valence-electron chi connectivity index (χ0n) is 11.2. The van der Waals surface area contributed by atoms with E-state index in [1.54, 1.807) is 6.92 Å². The molecular formula is C17H18O2. The quantitative estimate of drug-likeness (QED) is 0.808. The molecule has 0 bridgehead atoms. The van der Waals surface area contributed by atoms with E-state index in [1.807, 2.05) is 18.2 Å². The normalized spacial score (nSPS) is 24.7. The molecule has 1 heterocycles. The molecule has 1 unspecified atom stereocenters. The van der Waals surface area contributed by atoms with Gasteiger partial charge < -0.3 is 4.74 Å². The summed E-state index contributed by atoms with van der Waals surface area (Å²) in [5.74, 6) is 0.424. The maximum atomic E-state index is 11.7. The van der Waals surface area contributed by atoms with Gasteiger partial charge in [0.15, 0.2) is 0 Å². The van der Waals surface area contributed by atoms with E-state index in [9.17, 15) is 4.79 Å². The second kappa shape index (κ2) is 5.14. The van der Waals surface area contributed by atoms with Crippen molar-refractivity contribution in [2.45, 2.75) is 19.8 Å². The van der Waals surface area contributed by atoms with Crippen molar-refractivity contribution < 1.29 is 9.53 Å². The van der Waals surface area contributed by atoms with Crippen LogP contribution in [0.2, 0.25) is 0 Å². The minimum Gasteiger partial charge on any atom is -0.372 e. The van der Waals surface area contributed by atoms with Crippen LogP contribution in [0.5, 0.6) is 0 Å². The Morgan fingerprint density at radius 1 is 1.21 bits per heavy atom. The molecule has 0 N–H and O–H groups in total. The van der Waals surface area contributed by atoms with Crippen LogP contribution in [-0.4, -0.2) is 19.0 Å². The Morgan fingerprint density at radius 3 is 2.74 bits per heavy atom. The predicted octanol–water partition coefficient (Wildman–Crippen LogP) is 3.40. The van der Waals surface area contributed by atoms with Crippen molar-refractivity contribution in [3.05, 3.63) is 52.6 Å². The third-order valence-electron chi connectivity index (χ3n) is 4.01. The third-order valence-corrected chi connectivity index (χ3v) is 4.01. The summed E-state index contributed by atoms with van der Waals surface area (Å²) >= 11 is 0. The summed E-state index contributed by atoms with van der Waals surface area (Å²) in [4.78, 5) is 11.7. The fourth-order valence-corrected chi connectivity index (χ4v) is 2.91. The van der Waals surface area contributed by atoms with E-state index < -0.39 is 0 Å². The molecule has 2 aliphatic rings. The van der Waals surface area contributed by atoms with Gasteiger partial charge in [0.2, 0.25) is 0 Å². The molecule has 1 atom stereocenters. The Labute approximate surface area is 113 Å². The molecule has 0 amide bonds. The summed E-state index contributed by atoms with van der Waals surface area (Å²) in [6.45, 7) is 3.11. The minimum atomic E-state index is 0.135. The molecule has 2 nitrogen and oxygen atoms in total. The largest absolute Gasteiger partial charge is 0.372 e. The van der Waals surface area contributed by atoms with Gasteiger partial charge in [0, 0.05) is 5.92 Å². The molecule has 0 saturated carbocycles. The highest BCUT2D eigenvalue weighted by molar-refractivity contribution is 5.80. The average Bonchev–Trinajstić information content (AvgIpc) is 2.88. The zero-order valence-corrected chi connectivity index (χ0v) is 11.2. The van der Waals surface area contributed by atoms with Crippen molar-refractivity contribution in [1.29, 1.82) is 0 Å². The van der Waals surface area contributed by atoms with E-state index in [-0.39, 0.29) is 11.7 Å². The average molecular weight is 254 g/mol. The summed E-state index contributed by atoms with van der Waals surface area (Å²) in [5.41, 5.74) is 5.14. The topological polar surface area (TPSA) is 26.3 Å². The van der Waals surface area contributed by atoms with Crippen LogP contribution < -0.4 is 0 Å². The fraction of sp³-hybridized carbons (Fsp3) is 0.353. The molecule has 1 aliphatic heterocycles. The van der Waals surface area contributed by atoms with Gasteiger partial charge in [-0.25, -0.2) is 0 Å². The van der Waals surface area contributed by atoms with E-state index in [0.717, 1.165) is 12.8 Å². The zero-order chi connectivity index (χ0) is 13.2.